The number of rotatable bonds is 4. The molecule has 6 heteroatoms. The maximum Gasteiger partial charge on any atom is 0.214 e. The number of aromatic amines is 1. The largest absolute Gasteiger partial charge is 0.318 e. The summed E-state index contributed by atoms with van der Waals surface area (Å²) >= 11 is 5.08. The predicted molar refractivity (Wildman–Crippen MR) is 66.3 cm³/mol. The number of H-pyrrole nitrogens is 1. The third kappa shape index (κ3) is 2.52. The SMILES string of the molecule is CCc1n[nH]c(=S)n1NCc1ccccc1F. The normalized spacial score (nSPS) is 10.5. The lowest BCUT2D eigenvalue weighted by molar-refractivity contribution is 0.607. The third-order valence-electron chi connectivity index (χ3n) is 2.44. The summed E-state index contributed by atoms with van der Waals surface area (Å²) in [5, 5.41) is 6.76. The van der Waals surface area contributed by atoms with E-state index < -0.39 is 0 Å². The Labute approximate surface area is 103 Å². The van der Waals surface area contributed by atoms with Crippen LogP contribution in [0.1, 0.15) is 18.3 Å². The predicted octanol–water partition coefficient (Wildman–Crippen LogP) is 2.39. The molecule has 2 rings (SSSR count). The minimum Gasteiger partial charge on any atom is -0.318 e. The van der Waals surface area contributed by atoms with Crippen molar-refractivity contribution < 1.29 is 4.39 Å². The maximum absolute atomic E-state index is 13.4. The number of nitrogens with one attached hydrogen (secondary N) is 2. The van der Waals surface area contributed by atoms with E-state index in [0.29, 0.717) is 16.9 Å². The number of nitrogens with zero attached hydrogens (tertiary/aromatic N) is 2. The quantitative estimate of drug-likeness (QED) is 0.821. The van der Waals surface area contributed by atoms with Crippen LogP contribution in [0.5, 0.6) is 0 Å². The van der Waals surface area contributed by atoms with Gasteiger partial charge in [0.1, 0.15) is 5.82 Å². The van der Waals surface area contributed by atoms with Crippen molar-refractivity contribution in [3.05, 3.63) is 46.2 Å². The number of hydrogen-bond donors (Lipinski definition) is 2. The maximum atomic E-state index is 13.4. The molecule has 1 aromatic heterocycles. The Morgan fingerprint density at radius 3 is 2.94 bits per heavy atom. The molecular weight excluding hydrogens is 239 g/mol. The van der Waals surface area contributed by atoms with E-state index in [-0.39, 0.29) is 5.82 Å². The smallest absolute Gasteiger partial charge is 0.214 e. The highest BCUT2D eigenvalue weighted by Gasteiger charge is 2.04. The fourth-order valence-electron chi connectivity index (χ4n) is 1.54. The molecule has 0 bridgehead atoms. The van der Waals surface area contributed by atoms with Crippen LogP contribution in [0.15, 0.2) is 24.3 Å². The minimum atomic E-state index is -0.229. The first-order valence-electron chi connectivity index (χ1n) is 5.36. The highest BCUT2D eigenvalue weighted by Crippen LogP contribution is 2.06. The van der Waals surface area contributed by atoms with E-state index in [2.05, 4.69) is 15.6 Å². The summed E-state index contributed by atoms with van der Waals surface area (Å²) in [6.45, 7) is 2.35. The standard InChI is InChI=1S/C11H13FN4S/c1-2-10-14-15-11(17)16(10)13-7-8-5-3-4-6-9(8)12/h3-6,13H,2,7H2,1H3,(H,15,17). The van der Waals surface area contributed by atoms with Crippen molar-refractivity contribution in [2.45, 2.75) is 19.9 Å². The van der Waals surface area contributed by atoms with Gasteiger partial charge < -0.3 is 5.43 Å². The molecule has 0 saturated heterocycles. The number of aromatic nitrogens is 3. The van der Waals surface area contributed by atoms with E-state index in [0.717, 1.165) is 12.2 Å². The Balaban J connectivity index is 2.15. The second-order valence-electron chi connectivity index (χ2n) is 3.56. The molecule has 0 aliphatic heterocycles. The fraction of sp³-hybridized carbons (Fsp3) is 0.273. The van der Waals surface area contributed by atoms with Crippen molar-refractivity contribution in [1.29, 1.82) is 0 Å². The Morgan fingerprint density at radius 2 is 2.24 bits per heavy atom. The molecule has 1 heterocycles. The van der Waals surface area contributed by atoms with Crippen LogP contribution >= 0.6 is 12.2 Å². The molecular formula is C11H13FN4S. The summed E-state index contributed by atoms with van der Waals surface area (Å²) in [7, 11) is 0. The molecule has 0 amide bonds. The van der Waals surface area contributed by atoms with Crippen molar-refractivity contribution in [1.82, 2.24) is 14.9 Å². The molecule has 0 atom stereocenters. The van der Waals surface area contributed by atoms with Crippen LogP contribution < -0.4 is 5.43 Å². The number of benzene rings is 1. The molecule has 0 spiro atoms. The Hall–Kier alpha value is -1.69. The van der Waals surface area contributed by atoms with Crippen molar-refractivity contribution in [3.63, 3.8) is 0 Å². The van der Waals surface area contributed by atoms with Crippen LogP contribution in [-0.4, -0.2) is 14.9 Å². The molecule has 0 radical (unpaired) electrons. The zero-order valence-corrected chi connectivity index (χ0v) is 10.2. The highest BCUT2D eigenvalue weighted by molar-refractivity contribution is 7.71. The van der Waals surface area contributed by atoms with Crippen molar-refractivity contribution in [2.24, 2.45) is 0 Å². The molecule has 2 aromatic rings. The third-order valence-corrected chi connectivity index (χ3v) is 2.72. The zero-order valence-electron chi connectivity index (χ0n) is 9.40. The van der Waals surface area contributed by atoms with E-state index in [1.165, 1.54) is 6.07 Å². The van der Waals surface area contributed by atoms with Gasteiger partial charge in [-0.05, 0) is 18.3 Å². The van der Waals surface area contributed by atoms with Gasteiger partial charge >= 0.3 is 0 Å². The molecule has 0 fully saturated rings. The van der Waals surface area contributed by atoms with Gasteiger partial charge in [-0.25, -0.2) is 9.07 Å². The van der Waals surface area contributed by atoms with Crippen LogP contribution in [0, 0.1) is 10.6 Å². The van der Waals surface area contributed by atoms with Gasteiger partial charge in [-0.15, -0.1) is 0 Å². The fourth-order valence-corrected chi connectivity index (χ4v) is 1.75. The van der Waals surface area contributed by atoms with Crippen LogP contribution in [0.25, 0.3) is 0 Å². The first kappa shape index (κ1) is 11.8. The van der Waals surface area contributed by atoms with E-state index >= 15 is 0 Å². The molecule has 2 N–H and O–H groups in total. The van der Waals surface area contributed by atoms with E-state index in [9.17, 15) is 4.39 Å². The summed E-state index contributed by atoms with van der Waals surface area (Å²) < 4.78 is 15.6. The van der Waals surface area contributed by atoms with Crippen LogP contribution in [0.4, 0.5) is 4.39 Å². The van der Waals surface area contributed by atoms with Gasteiger partial charge in [-0.3, -0.25) is 5.10 Å². The first-order valence-corrected chi connectivity index (χ1v) is 5.76. The van der Waals surface area contributed by atoms with Crippen LogP contribution in [-0.2, 0) is 13.0 Å². The van der Waals surface area contributed by atoms with Crippen molar-refractivity contribution in [3.8, 4) is 0 Å². The monoisotopic (exact) mass is 252 g/mol. The topological polar surface area (TPSA) is 45.6 Å². The number of aryl methyl sites for hydroxylation is 1. The lowest BCUT2D eigenvalue weighted by atomic mass is 10.2. The van der Waals surface area contributed by atoms with E-state index in [1.807, 2.05) is 6.92 Å². The van der Waals surface area contributed by atoms with Gasteiger partial charge in [0, 0.05) is 12.0 Å². The summed E-state index contributed by atoms with van der Waals surface area (Å²) in [5.41, 5.74) is 3.64. The van der Waals surface area contributed by atoms with E-state index in [1.54, 1.807) is 22.9 Å². The van der Waals surface area contributed by atoms with Gasteiger partial charge in [0.2, 0.25) is 4.77 Å². The molecule has 0 saturated carbocycles. The minimum absolute atomic E-state index is 0.229. The molecule has 4 nitrogen and oxygen atoms in total. The summed E-state index contributed by atoms with van der Waals surface area (Å²) in [5.74, 6) is 0.569. The Bertz CT molecular complexity index is 561. The van der Waals surface area contributed by atoms with Crippen LogP contribution in [0.2, 0.25) is 0 Å². The molecule has 17 heavy (non-hydrogen) atoms. The van der Waals surface area contributed by atoms with E-state index in [4.69, 9.17) is 12.2 Å². The number of hydrogen-bond acceptors (Lipinski definition) is 3. The molecule has 0 unspecified atom stereocenters. The Kier molecular flexibility index (Phi) is 3.53. The molecule has 90 valence electrons. The van der Waals surface area contributed by atoms with Gasteiger partial charge in [0.25, 0.3) is 0 Å². The number of halogens is 1. The van der Waals surface area contributed by atoms with Crippen molar-refractivity contribution >= 4 is 12.2 Å². The Morgan fingerprint density at radius 1 is 1.47 bits per heavy atom. The average molecular weight is 252 g/mol. The molecule has 1 aromatic carbocycles. The summed E-state index contributed by atoms with van der Waals surface area (Å²) in [6.07, 6.45) is 0.747. The average Bonchev–Trinajstić information content (AvgIpc) is 2.69. The molecule has 0 aliphatic carbocycles. The van der Waals surface area contributed by atoms with Crippen LogP contribution in [0.3, 0.4) is 0 Å². The second kappa shape index (κ2) is 5.09. The van der Waals surface area contributed by atoms with Gasteiger partial charge in [-0.2, -0.15) is 5.10 Å². The van der Waals surface area contributed by atoms with Gasteiger partial charge in [0.15, 0.2) is 5.82 Å². The second-order valence-corrected chi connectivity index (χ2v) is 3.95. The lowest BCUT2D eigenvalue weighted by Gasteiger charge is -2.09. The van der Waals surface area contributed by atoms with Gasteiger partial charge in [0.05, 0.1) is 6.54 Å². The zero-order chi connectivity index (χ0) is 12.3. The van der Waals surface area contributed by atoms with Gasteiger partial charge in [-0.1, -0.05) is 25.1 Å². The summed E-state index contributed by atoms with van der Waals surface area (Å²) in [6, 6.07) is 6.64. The highest BCUT2D eigenvalue weighted by atomic mass is 32.1. The first-order chi connectivity index (χ1) is 8.22. The summed E-state index contributed by atoms with van der Waals surface area (Å²) in [4.78, 5) is 0. The lowest BCUT2D eigenvalue weighted by Crippen LogP contribution is -2.17. The molecule has 0 aliphatic rings. The van der Waals surface area contributed by atoms with Crippen molar-refractivity contribution in [2.75, 3.05) is 5.43 Å².